The summed E-state index contributed by atoms with van der Waals surface area (Å²) in [5, 5.41) is 1.42. The van der Waals surface area contributed by atoms with Crippen molar-refractivity contribution >= 4 is 45.9 Å². The van der Waals surface area contributed by atoms with E-state index in [-0.39, 0.29) is 12.4 Å². The van der Waals surface area contributed by atoms with Crippen molar-refractivity contribution in [2.24, 2.45) is 0 Å². The molecule has 0 spiro atoms. The summed E-state index contributed by atoms with van der Waals surface area (Å²) >= 11 is 6.31. The largest absolute Gasteiger partial charge is 0.454 e. The van der Waals surface area contributed by atoms with Gasteiger partial charge in [-0.25, -0.2) is 9.78 Å². The van der Waals surface area contributed by atoms with E-state index in [0.717, 1.165) is 39.7 Å². The van der Waals surface area contributed by atoms with E-state index < -0.39 is 5.97 Å². The van der Waals surface area contributed by atoms with Crippen molar-refractivity contribution < 1.29 is 14.3 Å². The molecule has 140 valence electrons. The molecular weight excluding hydrogens is 374 g/mol. The van der Waals surface area contributed by atoms with Crippen LogP contribution in [0, 0.1) is 0 Å². The van der Waals surface area contributed by atoms with E-state index in [1.165, 1.54) is 6.92 Å². The Morgan fingerprint density at radius 1 is 1.11 bits per heavy atom. The van der Waals surface area contributed by atoms with E-state index in [0.29, 0.717) is 17.0 Å². The average Bonchev–Trinajstić information content (AvgIpc) is 3.08. The summed E-state index contributed by atoms with van der Waals surface area (Å²) < 4.78 is 5.24. The Bertz CT molecular complexity index is 1130. The van der Waals surface area contributed by atoms with Gasteiger partial charge in [0.15, 0.2) is 5.78 Å². The zero-order valence-electron chi connectivity index (χ0n) is 15.4. The third-order valence-corrected chi connectivity index (χ3v) is 5.13. The number of pyridine rings is 1. The van der Waals surface area contributed by atoms with E-state index in [4.69, 9.17) is 21.3 Å². The smallest absolute Gasteiger partial charge is 0.339 e. The van der Waals surface area contributed by atoms with Gasteiger partial charge in [-0.1, -0.05) is 48.0 Å². The van der Waals surface area contributed by atoms with Crippen LogP contribution in [0.4, 0.5) is 0 Å². The van der Waals surface area contributed by atoms with Gasteiger partial charge >= 0.3 is 5.97 Å². The van der Waals surface area contributed by atoms with Crippen molar-refractivity contribution in [3.8, 4) is 0 Å². The summed E-state index contributed by atoms with van der Waals surface area (Å²) in [6, 6.07) is 15.1. The van der Waals surface area contributed by atoms with Crippen molar-refractivity contribution in [1.29, 1.82) is 0 Å². The number of para-hydroxylation sites is 1. The first kappa shape index (κ1) is 18.4. The molecule has 0 saturated carbocycles. The zero-order valence-corrected chi connectivity index (χ0v) is 16.1. The lowest BCUT2D eigenvalue weighted by Crippen LogP contribution is -2.14. The Hall–Kier alpha value is -2.98. The maximum Gasteiger partial charge on any atom is 0.339 e. The number of benzene rings is 2. The summed E-state index contributed by atoms with van der Waals surface area (Å²) in [6.07, 6.45) is 3.48. The quantitative estimate of drug-likeness (QED) is 0.579. The van der Waals surface area contributed by atoms with E-state index in [1.54, 1.807) is 0 Å². The van der Waals surface area contributed by atoms with E-state index >= 15 is 0 Å². The van der Waals surface area contributed by atoms with Gasteiger partial charge < -0.3 is 4.74 Å². The van der Waals surface area contributed by atoms with Crippen LogP contribution in [-0.4, -0.2) is 23.3 Å². The molecule has 1 aromatic heterocycles. The second-order valence-corrected chi connectivity index (χ2v) is 7.21. The van der Waals surface area contributed by atoms with Crippen LogP contribution in [-0.2, 0) is 16.0 Å². The highest BCUT2D eigenvalue weighted by Gasteiger charge is 2.27. The lowest BCUT2D eigenvalue weighted by molar-refractivity contribution is -0.120. The van der Waals surface area contributed by atoms with Crippen molar-refractivity contribution in [3.05, 3.63) is 75.9 Å². The van der Waals surface area contributed by atoms with Crippen molar-refractivity contribution in [2.45, 2.75) is 19.8 Å². The molecule has 0 fully saturated rings. The highest BCUT2D eigenvalue weighted by molar-refractivity contribution is 6.32. The molecule has 0 bridgehead atoms. The molecule has 0 atom stereocenters. The minimum absolute atomic E-state index is 0.192. The summed E-state index contributed by atoms with van der Waals surface area (Å²) in [4.78, 5) is 28.9. The summed E-state index contributed by atoms with van der Waals surface area (Å²) in [7, 11) is 0. The first-order valence-corrected chi connectivity index (χ1v) is 9.46. The summed E-state index contributed by atoms with van der Waals surface area (Å²) in [6.45, 7) is 1.17. The molecule has 5 heteroatoms. The molecule has 0 N–H and O–H groups in total. The first-order valence-electron chi connectivity index (χ1n) is 9.08. The van der Waals surface area contributed by atoms with E-state index in [2.05, 4.69) is 0 Å². The number of fused-ring (bicyclic) bond motifs is 2. The van der Waals surface area contributed by atoms with E-state index in [9.17, 15) is 9.59 Å². The van der Waals surface area contributed by atoms with Crippen LogP contribution in [0.3, 0.4) is 0 Å². The molecule has 0 amide bonds. The molecule has 4 nitrogen and oxygen atoms in total. The number of carbonyl (C=O) groups is 2. The highest BCUT2D eigenvalue weighted by Crippen LogP contribution is 2.38. The normalized spacial score (nSPS) is 14.3. The fraction of sp³-hybridized carbons (Fsp3) is 0.174. The van der Waals surface area contributed by atoms with Crippen LogP contribution in [0.5, 0.6) is 0 Å². The van der Waals surface area contributed by atoms with Gasteiger partial charge in [0, 0.05) is 10.4 Å². The number of rotatable bonds is 4. The van der Waals surface area contributed by atoms with Gasteiger partial charge in [-0.3, -0.25) is 4.79 Å². The van der Waals surface area contributed by atoms with Gasteiger partial charge in [-0.15, -0.1) is 0 Å². The number of ether oxygens (including phenoxy) is 1. The molecule has 3 aromatic rings. The van der Waals surface area contributed by atoms with Gasteiger partial charge in [0.2, 0.25) is 0 Å². The average molecular weight is 392 g/mol. The third kappa shape index (κ3) is 3.43. The van der Waals surface area contributed by atoms with Gasteiger partial charge in [0.05, 0.1) is 16.8 Å². The Labute approximate surface area is 167 Å². The zero-order chi connectivity index (χ0) is 19.7. The topological polar surface area (TPSA) is 56.3 Å². The van der Waals surface area contributed by atoms with Gasteiger partial charge in [-0.2, -0.15) is 0 Å². The van der Waals surface area contributed by atoms with Gasteiger partial charge in [0.1, 0.15) is 6.61 Å². The summed E-state index contributed by atoms with van der Waals surface area (Å²) in [5.41, 5.74) is 4.85. The van der Waals surface area contributed by atoms with Crippen LogP contribution in [0.25, 0.3) is 22.6 Å². The molecule has 1 aliphatic carbocycles. The van der Waals surface area contributed by atoms with Crippen LogP contribution in [0.15, 0.2) is 48.5 Å². The lowest BCUT2D eigenvalue weighted by atomic mass is 10.0. The molecule has 4 rings (SSSR count). The molecule has 1 aliphatic rings. The number of allylic oxidation sites excluding steroid dienone is 1. The number of Topliss-reactive ketones (excluding diaryl/α,β-unsaturated/α-hetero) is 1. The number of carbonyl (C=O) groups excluding carboxylic acids is 2. The predicted octanol–water partition coefficient (Wildman–Crippen LogP) is 5.12. The summed E-state index contributed by atoms with van der Waals surface area (Å²) in [5.74, 6) is -0.674. The van der Waals surface area contributed by atoms with Crippen molar-refractivity contribution in [3.63, 3.8) is 0 Å². The molecule has 0 unspecified atom stereocenters. The second kappa shape index (κ2) is 7.56. The first-order chi connectivity index (χ1) is 13.5. The van der Waals surface area contributed by atoms with Crippen molar-refractivity contribution in [1.82, 2.24) is 4.98 Å². The minimum atomic E-state index is -0.482. The molecular formula is C23H18ClNO3. The van der Waals surface area contributed by atoms with Crippen molar-refractivity contribution in [2.75, 3.05) is 6.61 Å². The van der Waals surface area contributed by atoms with Crippen LogP contribution in [0.2, 0.25) is 5.02 Å². The SMILES string of the molecule is CC(=O)COC(=O)c1c2c(nc3ccccc13)/C(=C/c1ccccc1Cl)CC2. The van der Waals surface area contributed by atoms with Crippen LogP contribution in [0.1, 0.15) is 40.5 Å². The predicted molar refractivity (Wildman–Crippen MR) is 110 cm³/mol. The van der Waals surface area contributed by atoms with E-state index in [1.807, 2.05) is 54.6 Å². The highest BCUT2D eigenvalue weighted by atomic mass is 35.5. The monoisotopic (exact) mass is 391 g/mol. The Morgan fingerprint density at radius 2 is 1.86 bits per heavy atom. The number of aromatic nitrogens is 1. The van der Waals surface area contributed by atoms with Crippen LogP contribution < -0.4 is 0 Å². The fourth-order valence-corrected chi connectivity index (χ4v) is 3.72. The number of hydrogen-bond donors (Lipinski definition) is 0. The minimum Gasteiger partial charge on any atom is -0.454 e. The number of nitrogens with zero attached hydrogens (tertiary/aromatic N) is 1. The van der Waals surface area contributed by atoms with Gasteiger partial charge in [-0.05, 0) is 54.7 Å². The molecule has 0 aliphatic heterocycles. The standard InChI is InChI=1S/C23H18ClNO3/c1-14(26)13-28-23(27)21-17-7-3-5-9-20(17)25-22-16(10-11-18(21)22)12-15-6-2-4-8-19(15)24/h2-9,12H,10-11,13H2,1H3/b16-12+. The van der Waals surface area contributed by atoms with Crippen LogP contribution >= 0.6 is 11.6 Å². The molecule has 1 heterocycles. The number of halogens is 1. The second-order valence-electron chi connectivity index (χ2n) is 6.80. The molecule has 0 radical (unpaired) electrons. The molecule has 28 heavy (non-hydrogen) atoms. The lowest BCUT2D eigenvalue weighted by Gasteiger charge is -2.12. The maximum absolute atomic E-state index is 12.8. The third-order valence-electron chi connectivity index (χ3n) is 4.79. The molecule has 0 saturated heterocycles. The fourth-order valence-electron chi connectivity index (χ4n) is 3.53. The van der Waals surface area contributed by atoms with Gasteiger partial charge in [0.25, 0.3) is 0 Å². The number of hydrogen-bond acceptors (Lipinski definition) is 4. The Balaban J connectivity index is 1.86. The number of ketones is 1. The Morgan fingerprint density at radius 3 is 2.64 bits per heavy atom. The Kier molecular flexibility index (Phi) is 4.97. The number of esters is 1. The maximum atomic E-state index is 12.8. The molecule has 2 aromatic carbocycles.